The van der Waals surface area contributed by atoms with Crippen molar-refractivity contribution in [2.45, 2.75) is 6.92 Å². The molecule has 0 spiro atoms. The summed E-state index contributed by atoms with van der Waals surface area (Å²) >= 11 is 0. The molecule has 0 aliphatic rings. The zero-order chi connectivity index (χ0) is 8.91. The summed E-state index contributed by atoms with van der Waals surface area (Å²) in [6.07, 6.45) is 0. The van der Waals surface area contributed by atoms with Crippen molar-refractivity contribution in [3.8, 4) is 0 Å². The van der Waals surface area contributed by atoms with Gasteiger partial charge in [-0.1, -0.05) is 0 Å². The molecule has 0 unspecified atom stereocenters. The Bertz CT molecular complexity index is 127. The van der Waals surface area contributed by atoms with E-state index in [-0.39, 0.29) is 5.78 Å². The largest absolute Gasteiger partial charge is 0.330 e. The average Bonchev–Trinajstić information content (AvgIpc) is 1.78. The maximum absolute atomic E-state index is 10.5. The molecular weight excluding hydrogens is 140 g/mol. The quantitative estimate of drug-likeness (QED) is 0.447. The van der Waals surface area contributed by atoms with E-state index in [2.05, 4.69) is 26.5 Å². The van der Waals surface area contributed by atoms with Crippen LogP contribution in [0.3, 0.4) is 0 Å². The standard InChI is InChI=1S/C8H19N2O/c1-8(11)7-9-5-6-10(2,3)4/h9H,5-7H2,1-4H3/q+1. The molecule has 0 aromatic rings. The highest BCUT2D eigenvalue weighted by molar-refractivity contribution is 5.77. The van der Waals surface area contributed by atoms with Crippen molar-refractivity contribution in [3.05, 3.63) is 0 Å². The number of hydrogen-bond acceptors (Lipinski definition) is 2. The first-order valence-electron chi connectivity index (χ1n) is 3.92. The number of rotatable bonds is 5. The molecule has 0 radical (unpaired) electrons. The zero-order valence-electron chi connectivity index (χ0n) is 7.98. The minimum Gasteiger partial charge on any atom is -0.330 e. The van der Waals surface area contributed by atoms with Crippen LogP contribution in [0.5, 0.6) is 0 Å². The Hall–Kier alpha value is -0.410. The molecule has 0 rings (SSSR count). The van der Waals surface area contributed by atoms with Crippen LogP contribution >= 0.6 is 0 Å². The Morgan fingerprint density at radius 3 is 2.27 bits per heavy atom. The second kappa shape index (κ2) is 4.46. The van der Waals surface area contributed by atoms with Crippen molar-refractivity contribution in [1.29, 1.82) is 0 Å². The van der Waals surface area contributed by atoms with Crippen LogP contribution < -0.4 is 5.32 Å². The molecule has 0 fully saturated rings. The first kappa shape index (κ1) is 10.6. The van der Waals surface area contributed by atoms with Crippen LogP contribution in [-0.2, 0) is 4.79 Å². The van der Waals surface area contributed by atoms with Gasteiger partial charge in [0.2, 0.25) is 0 Å². The van der Waals surface area contributed by atoms with E-state index >= 15 is 0 Å². The number of nitrogens with zero attached hydrogens (tertiary/aromatic N) is 1. The van der Waals surface area contributed by atoms with Gasteiger partial charge in [0, 0.05) is 6.54 Å². The van der Waals surface area contributed by atoms with Crippen LogP contribution in [0.4, 0.5) is 0 Å². The van der Waals surface area contributed by atoms with Gasteiger partial charge in [-0.25, -0.2) is 0 Å². The molecule has 0 heterocycles. The van der Waals surface area contributed by atoms with Crippen LogP contribution in [0.15, 0.2) is 0 Å². The van der Waals surface area contributed by atoms with Crippen LogP contribution in [0.25, 0.3) is 0 Å². The lowest BCUT2D eigenvalue weighted by Gasteiger charge is -2.23. The second-order valence-corrected chi connectivity index (χ2v) is 3.89. The molecule has 3 heteroatoms. The molecule has 0 amide bonds. The molecule has 11 heavy (non-hydrogen) atoms. The zero-order valence-corrected chi connectivity index (χ0v) is 7.98. The van der Waals surface area contributed by atoms with Crippen molar-refractivity contribution in [1.82, 2.24) is 5.32 Å². The first-order chi connectivity index (χ1) is 4.92. The maximum Gasteiger partial charge on any atom is 0.143 e. The molecule has 0 aromatic heterocycles. The van der Waals surface area contributed by atoms with Crippen LogP contribution in [0.2, 0.25) is 0 Å². The molecular formula is C8H19N2O+. The van der Waals surface area contributed by atoms with E-state index < -0.39 is 0 Å². The topological polar surface area (TPSA) is 29.1 Å². The van der Waals surface area contributed by atoms with Crippen LogP contribution in [0.1, 0.15) is 6.92 Å². The van der Waals surface area contributed by atoms with E-state index in [1.807, 2.05) is 0 Å². The van der Waals surface area contributed by atoms with Crippen molar-refractivity contribution in [2.24, 2.45) is 0 Å². The summed E-state index contributed by atoms with van der Waals surface area (Å²) in [4.78, 5) is 10.5. The number of Topliss-reactive ketones (excluding diaryl/α,β-unsaturated/α-hetero) is 1. The molecule has 0 atom stereocenters. The Kier molecular flexibility index (Phi) is 4.30. The van der Waals surface area contributed by atoms with Gasteiger partial charge in [0.1, 0.15) is 5.78 Å². The number of ketones is 1. The van der Waals surface area contributed by atoms with Gasteiger partial charge in [-0.05, 0) is 6.92 Å². The van der Waals surface area contributed by atoms with Crippen molar-refractivity contribution in [2.75, 3.05) is 40.8 Å². The van der Waals surface area contributed by atoms with Crippen molar-refractivity contribution in [3.63, 3.8) is 0 Å². The van der Waals surface area contributed by atoms with E-state index in [0.717, 1.165) is 17.6 Å². The third-order valence-electron chi connectivity index (χ3n) is 1.33. The third kappa shape index (κ3) is 9.59. The van der Waals surface area contributed by atoms with Gasteiger partial charge < -0.3 is 9.80 Å². The van der Waals surface area contributed by atoms with Gasteiger partial charge in [0.05, 0.1) is 34.2 Å². The molecule has 66 valence electrons. The minimum atomic E-state index is 0.200. The van der Waals surface area contributed by atoms with Crippen molar-refractivity contribution < 1.29 is 9.28 Å². The molecule has 0 aromatic carbocycles. The van der Waals surface area contributed by atoms with Gasteiger partial charge >= 0.3 is 0 Å². The average molecular weight is 159 g/mol. The minimum absolute atomic E-state index is 0.200. The lowest BCUT2D eigenvalue weighted by atomic mass is 10.4. The van der Waals surface area contributed by atoms with Gasteiger partial charge in [-0.15, -0.1) is 0 Å². The lowest BCUT2D eigenvalue weighted by molar-refractivity contribution is -0.869. The molecule has 0 bridgehead atoms. The molecule has 0 aliphatic heterocycles. The maximum atomic E-state index is 10.5. The number of carbonyl (C=O) groups is 1. The summed E-state index contributed by atoms with van der Waals surface area (Å²) in [7, 11) is 6.40. The lowest BCUT2D eigenvalue weighted by Crippen LogP contribution is -2.41. The number of quaternary nitrogens is 1. The normalized spacial score (nSPS) is 11.6. The van der Waals surface area contributed by atoms with E-state index in [9.17, 15) is 4.79 Å². The Morgan fingerprint density at radius 1 is 1.36 bits per heavy atom. The van der Waals surface area contributed by atoms with Crippen molar-refractivity contribution >= 4 is 5.78 Å². The Balaban J connectivity index is 3.22. The van der Waals surface area contributed by atoms with Gasteiger partial charge in [0.25, 0.3) is 0 Å². The Morgan fingerprint density at radius 2 is 1.91 bits per heavy atom. The highest BCUT2D eigenvalue weighted by Crippen LogP contribution is 1.85. The summed E-state index contributed by atoms with van der Waals surface area (Å²) in [6, 6.07) is 0. The summed E-state index contributed by atoms with van der Waals surface area (Å²) in [5, 5.41) is 3.08. The fourth-order valence-electron chi connectivity index (χ4n) is 0.679. The van der Waals surface area contributed by atoms with E-state index in [1.165, 1.54) is 0 Å². The third-order valence-corrected chi connectivity index (χ3v) is 1.33. The fourth-order valence-corrected chi connectivity index (χ4v) is 0.679. The Labute approximate surface area is 69.0 Å². The SMILES string of the molecule is CC(=O)CNCC[N+](C)(C)C. The monoisotopic (exact) mass is 159 g/mol. The first-order valence-corrected chi connectivity index (χ1v) is 3.92. The summed E-state index contributed by atoms with van der Waals surface area (Å²) in [5.41, 5.74) is 0. The number of carbonyl (C=O) groups excluding carboxylic acids is 1. The highest BCUT2D eigenvalue weighted by atomic mass is 16.1. The predicted molar refractivity (Wildman–Crippen MR) is 46.5 cm³/mol. The van der Waals surface area contributed by atoms with Gasteiger partial charge in [-0.2, -0.15) is 0 Å². The highest BCUT2D eigenvalue weighted by Gasteiger charge is 2.04. The number of likely N-dealkylation sites (N-methyl/N-ethyl adjacent to an activating group) is 1. The smallest absolute Gasteiger partial charge is 0.143 e. The summed E-state index contributed by atoms with van der Waals surface area (Å²) in [5.74, 6) is 0.200. The van der Waals surface area contributed by atoms with E-state index in [0.29, 0.717) is 6.54 Å². The summed E-state index contributed by atoms with van der Waals surface area (Å²) < 4.78 is 0.935. The second-order valence-electron chi connectivity index (χ2n) is 3.89. The van der Waals surface area contributed by atoms with Gasteiger partial charge in [-0.3, -0.25) is 4.79 Å². The fraction of sp³-hybridized carbons (Fsp3) is 0.875. The predicted octanol–water partition coefficient (Wildman–Crippen LogP) is -0.129. The molecule has 1 N–H and O–H groups in total. The number of nitrogens with one attached hydrogen (secondary N) is 1. The van der Waals surface area contributed by atoms with E-state index in [1.54, 1.807) is 6.92 Å². The molecule has 0 saturated heterocycles. The number of hydrogen-bond donors (Lipinski definition) is 1. The van der Waals surface area contributed by atoms with E-state index in [4.69, 9.17) is 0 Å². The van der Waals surface area contributed by atoms with Crippen LogP contribution in [0, 0.1) is 0 Å². The van der Waals surface area contributed by atoms with Gasteiger partial charge in [0.15, 0.2) is 0 Å². The molecule has 0 aliphatic carbocycles. The van der Waals surface area contributed by atoms with Crippen LogP contribution in [-0.4, -0.2) is 51.0 Å². The summed E-state index contributed by atoms with van der Waals surface area (Å²) in [6.45, 7) is 4.05. The molecule has 0 saturated carbocycles. The molecule has 3 nitrogen and oxygen atoms in total.